The molecule has 94 valence electrons. The van der Waals surface area contributed by atoms with Crippen molar-refractivity contribution in [3.8, 4) is 0 Å². The summed E-state index contributed by atoms with van der Waals surface area (Å²) in [5.74, 6) is 1.37. The summed E-state index contributed by atoms with van der Waals surface area (Å²) < 4.78 is 4.61. The molecule has 17 heavy (non-hydrogen) atoms. The van der Waals surface area contributed by atoms with Gasteiger partial charge in [-0.15, -0.1) is 11.3 Å². The number of nitrogens with one attached hydrogen (secondary N) is 1. The van der Waals surface area contributed by atoms with Gasteiger partial charge >= 0.3 is 5.97 Å². The van der Waals surface area contributed by atoms with Gasteiger partial charge in [0.1, 0.15) is 0 Å². The van der Waals surface area contributed by atoms with E-state index >= 15 is 0 Å². The Hall–Kier alpha value is -1.10. The van der Waals surface area contributed by atoms with Crippen LogP contribution in [0, 0.1) is 11.8 Å². The number of aromatic nitrogens is 1. The van der Waals surface area contributed by atoms with Crippen LogP contribution in [0.5, 0.6) is 0 Å². The highest BCUT2D eigenvalue weighted by molar-refractivity contribution is 7.13. The second kappa shape index (κ2) is 5.49. The summed E-state index contributed by atoms with van der Waals surface area (Å²) in [5, 5.41) is 6.14. The number of ether oxygens (including phenoxy) is 1. The Morgan fingerprint density at radius 1 is 1.71 bits per heavy atom. The average molecular weight is 254 g/mol. The second-order valence-corrected chi connectivity index (χ2v) is 5.45. The van der Waals surface area contributed by atoms with Gasteiger partial charge in [-0.3, -0.25) is 4.79 Å². The third-order valence-corrected chi connectivity index (χ3v) is 3.96. The van der Waals surface area contributed by atoms with E-state index in [1.165, 1.54) is 20.0 Å². The quantitative estimate of drug-likeness (QED) is 0.792. The van der Waals surface area contributed by atoms with Crippen LogP contribution >= 0.6 is 11.3 Å². The number of carbonyl (C=O) groups is 1. The average Bonchev–Trinajstić information content (AvgIpc) is 3.08. The third-order valence-electron chi connectivity index (χ3n) is 3.11. The minimum atomic E-state index is -0.242. The highest BCUT2D eigenvalue weighted by atomic mass is 32.1. The van der Waals surface area contributed by atoms with Crippen LogP contribution in [0.4, 0.5) is 5.13 Å². The molecule has 1 heterocycles. The maximum atomic E-state index is 11.1. The molecule has 0 bridgehead atoms. The fourth-order valence-electron chi connectivity index (χ4n) is 1.77. The second-order valence-electron chi connectivity index (χ2n) is 4.59. The fourth-order valence-corrected chi connectivity index (χ4v) is 2.49. The molecule has 1 aliphatic carbocycles. The number of esters is 1. The molecular weight excluding hydrogens is 236 g/mol. The van der Waals surface area contributed by atoms with Crippen molar-refractivity contribution < 1.29 is 9.53 Å². The van der Waals surface area contributed by atoms with Crippen LogP contribution in [-0.4, -0.2) is 24.6 Å². The van der Waals surface area contributed by atoms with E-state index in [4.69, 9.17) is 0 Å². The summed E-state index contributed by atoms with van der Waals surface area (Å²) in [4.78, 5) is 15.4. The van der Waals surface area contributed by atoms with Gasteiger partial charge in [-0.2, -0.15) is 0 Å². The van der Waals surface area contributed by atoms with Crippen LogP contribution in [0.1, 0.15) is 25.5 Å². The first kappa shape index (κ1) is 12.4. The Kier molecular flexibility index (Phi) is 3.99. The highest BCUT2D eigenvalue weighted by Crippen LogP contribution is 2.36. The molecule has 1 fully saturated rings. The van der Waals surface area contributed by atoms with Crippen molar-refractivity contribution in [1.82, 2.24) is 4.98 Å². The van der Waals surface area contributed by atoms with Crippen molar-refractivity contribution in [2.45, 2.75) is 26.2 Å². The van der Waals surface area contributed by atoms with Gasteiger partial charge in [0, 0.05) is 11.9 Å². The molecule has 1 aliphatic rings. The van der Waals surface area contributed by atoms with Crippen molar-refractivity contribution in [2.24, 2.45) is 11.8 Å². The fraction of sp³-hybridized carbons (Fsp3) is 0.667. The molecule has 5 heteroatoms. The first-order chi connectivity index (χ1) is 8.19. The van der Waals surface area contributed by atoms with Gasteiger partial charge in [0.15, 0.2) is 5.13 Å². The molecule has 0 aliphatic heterocycles. The molecular formula is C12H18N2O2S. The summed E-state index contributed by atoms with van der Waals surface area (Å²) in [6, 6.07) is 0. The van der Waals surface area contributed by atoms with E-state index in [0.29, 0.717) is 5.92 Å². The van der Waals surface area contributed by atoms with E-state index < -0.39 is 0 Å². The Morgan fingerprint density at radius 3 is 3.12 bits per heavy atom. The monoisotopic (exact) mass is 254 g/mol. The van der Waals surface area contributed by atoms with Crippen LogP contribution in [0.15, 0.2) is 5.38 Å². The minimum absolute atomic E-state index is 0.242. The van der Waals surface area contributed by atoms with Crippen molar-refractivity contribution in [3.63, 3.8) is 0 Å². The number of hydrogen-bond donors (Lipinski definition) is 1. The van der Waals surface area contributed by atoms with E-state index in [1.54, 1.807) is 11.3 Å². The molecule has 0 saturated heterocycles. The Balaban J connectivity index is 1.78. The minimum Gasteiger partial charge on any atom is -0.469 e. The molecule has 0 aromatic carbocycles. The highest BCUT2D eigenvalue weighted by Gasteiger charge is 2.27. The van der Waals surface area contributed by atoms with Gasteiger partial charge in [-0.05, 0) is 24.7 Å². The zero-order valence-electron chi connectivity index (χ0n) is 10.2. The Labute approximate surface area is 105 Å². The molecule has 1 unspecified atom stereocenters. The van der Waals surface area contributed by atoms with Crippen LogP contribution in [0.3, 0.4) is 0 Å². The number of methoxy groups -OCH3 is 1. The standard InChI is InChI=1S/C12H18N2O2S/c1-8(9-3-4-9)6-13-12-14-10(7-17-12)5-11(15)16-2/h7-9H,3-6H2,1-2H3,(H,13,14). The largest absolute Gasteiger partial charge is 0.469 e. The van der Waals surface area contributed by atoms with Gasteiger partial charge in [-0.25, -0.2) is 4.98 Å². The molecule has 1 atom stereocenters. The summed E-state index contributed by atoms with van der Waals surface area (Å²) in [6.45, 7) is 3.24. The first-order valence-corrected chi connectivity index (χ1v) is 6.82. The molecule has 1 saturated carbocycles. The SMILES string of the molecule is COC(=O)Cc1csc(NCC(C)C2CC2)n1. The number of thiazole rings is 1. The van der Waals surface area contributed by atoms with Crippen LogP contribution in [-0.2, 0) is 16.0 Å². The molecule has 4 nitrogen and oxygen atoms in total. The lowest BCUT2D eigenvalue weighted by Crippen LogP contribution is -2.12. The molecule has 1 aromatic rings. The number of hydrogen-bond acceptors (Lipinski definition) is 5. The van der Waals surface area contributed by atoms with E-state index in [-0.39, 0.29) is 12.4 Å². The lowest BCUT2D eigenvalue weighted by molar-refractivity contribution is -0.139. The van der Waals surface area contributed by atoms with Crippen molar-refractivity contribution in [3.05, 3.63) is 11.1 Å². The van der Waals surface area contributed by atoms with Crippen LogP contribution < -0.4 is 5.32 Å². The number of nitrogens with zero attached hydrogens (tertiary/aromatic N) is 1. The van der Waals surface area contributed by atoms with Crippen molar-refractivity contribution >= 4 is 22.4 Å². The van der Waals surface area contributed by atoms with Gasteiger partial charge in [-0.1, -0.05) is 6.92 Å². The third kappa shape index (κ3) is 3.70. The van der Waals surface area contributed by atoms with Gasteiger partial charge in [0.2, 0.25) is 0 Å². The predicted molar refractivity (Wildman–Crippen MR) is 68.2 cm³/mol. The van der Waals surface area contributed by atoms with Crippen LogP contribution in [0.2, 0.25) is 0 Å². The van der Waals surface area contributed by atoms with Gasteiger partial charge in [0.05, 0.1) is 19.2 Å². The zero-order valence-corrected chi connectivity index (χ0v) is 11.0. The lowest BCUT2D eigenvalue weighted by atomic mass is 10.1. The topological polar surface area (TPSA) is 51.2 Å². The van der Waals surface area contributed by atoms with Crippen molar-refractivity contribution in [1.29, 1.82) is 0 Å². The van der Waals surface area contributed by atoms with Crippen LogP contribution in [0.25, 0.3) is 0 Å². The first-order valence-electron chi connectivity index (χ1n) is 5.94. The summed E-state index contributed by atoms with van der Waals surface area (Å²) in [5.41, 5.74) is 0.781. The van der Waals surface area contributed by atoms with E-state index in [1.807, 2.05) is 5.38 Å². The molecule has 1 aromatic heterocycles. The Bertz CT molecular complexity index is 388. The van der Waals surface area contributed by atoms with Gasteiger partial charge in [0.25, 0.3) is 0 Å². The lowest BCUT2D eigenvalue weighted by Gasteiger charge is -2.09. The molecule has 0 radical (unpaired) electrons. The zero-order chi connectivity index (χ0) is 12.3. The maximum absolute atomic E-state index is 11.1. The number of anilines is 1. The predicted octanol–water partition coefficient (Wildman–Crippen LogP) is 2.32. The molecule has 2 rings (SSSR count). The summed E-state index contributed by atoms with van der Waals surface area (Å²) in [7, 11) is 1.39. The summed E-state index contributed by atoms with van der Waals surface area (Å²) in [6.07, 6.45) is 3.00. The smallest absolute Gasteiger partial charge is 0.311 e. The number of carbonyl (C=O) groups excluding carboxylic acids is 1. The number of rotatable bonds is 6. The van der Waals surface area contributed by atoms with E-state index in [0.717, 1.165) is 23.3 Å². The molecule has 1 N–H and O–H groups in total. The van der Waals surface area contributed by atoms with Gasteiger partial charge < -0.3 is 10.1 Å². The van der Waals surface area contributed by atoms with E-state index in [9.17, 15) is 4.79 Å². The van der Waals surface area contributed by atoms with E-state index in [2.05, 4.69) is 22.0 Å². The normalized spacial score (nSPS) is 16.6. The molecule has 0 spiro atoms. The summed E-state index contributed by atoms with van der Waals surface area (Å²) >= 11 is 1.55. The Morgan fingerprint density at radius 2 is 2.47 bits per heavy atom. The van der Waals surface area contributed by atoms with Crippen molar-refractivity contribution in [2.75, 3.05) is 19.0 Å². The molecule has 0 amide bonds. The maximum Gasteiger partial charge on any atom is 0.311 e.